The number of anilines is 1. The zero-order valence-electron chi connectivity index (χ0n) is 11.8. The number of benzene rings is 2. The highest BCUT2D eigenvalue weighted by molar-refractivity contribution is 7.24. The van der Waals surface area contributed by atoms with Crippen LogP contribution in [-0.4, -0.2) is 5.91 Å². The highest BCUT2D eigenvalue weighted by Crippen LogP contribution is 2.26. The van der Waals surface area contributed by atoms with Crippen LogP contribution in [-0.2, 0) is 4.79 Å². The first kappa shape index (κ1) is 13.8. The molecule has 0 unspecified atom stereocenters. The molecule has 3 aromatic rings. The minimum absolute atomic E-state index is 0.0139. The number of carbonyl (C=O) groups is 1. The minimum atomic E-state index is -0.0909. The number of hydrogen-bond donors (Lipinski definition) is 1. The lowest BCUT2D eigenvalue weighted by molar-refractivity contribution is -0.118. The molecular formula is C17H15NO2S. The lowest BCUT2D eigenvalue weighted by Gasteiger charge is -2.08. The summed E-state index contributed by atoms with van der Waals surface area (Å²) in [7, 11) is 0. The van der Waals surface area contributed by atoms with Crippen LogP contribution in [0.3, 0.4) is 0 Å². The Balaban J connectivity index is 2.17. The molecule has 0 bridgehead atoms. The summed E-state index contributed by atoms with van der Waals surface area (Å²) in [5, 5.41) is 4.21. The van der Waals surface area contributed by atoms with E-state index in [0.29, 0.717) is 11.1 Å². The van der Waals surface area contributed by atoms with Crippen LogP contribution in [0.2, 0.25) is 0 Å². The Bertz CT molecular complexity index is 896. The Morgan fingerprint density at radius 1 is 1.05 bits per heavy atom. The highest BCUT2D eigenvalue weighted by Gasteiger charge is 2.10. The van der Waals surface area contributed by atoms with Crippen molar-refractivity contribution in [1.82, 2.24) is 0 Å². The van der Waals surface area contributed by atoms with Gasteiger partial charge in [-0.05, 0) is 30.3 Å². The van der Waals surface area contributed by atoms with Crippen LogP contribution < -0.4 is 10.7 Å². The first-order chi connectivity index (χ1) is 10.1. The molecule has 106 valence electrons. The van der Waals surface area contributed by atoms with Crippen molar-refractivity contribution in [2.45, 2.75) is 13.8 Å². The number of hydrogen-bond acceptors (Lipinski definition) is 3. The Kier molecular flexibility index (Phi) is 3.47. The molecule has 0 aliphatic heterocycles. The molecule has 0 aliphatic rings. The molecule has 1 heterocycles. The van der Waals surface area contributed by atoms with Crippen molar-refractivity contribution in [3.63, 3.8) is 0 Å². The fourth-order valence-electron chi connectivity index (χ4n) is 2.17. The van der Waals surface area contributed by atoms with Gasteiger partial charge in [-0.3, -0.25) is 9.59 Å². The Labute approximate surface area is 126 Å². The fourth-order valence-corrected chi connectivity index (χ4v) is 3.22. The topological polar surface area (TPSA) is 46.2 Å². The maximum absolute atomic E-state index is 12.6. The molecule has 0 aliphatic carbocycles. The van der Waals surface area contributed by atoms with E-state index in [1.807, 2.05) is 50.2 Å². The molecule has 21 heavy (non-hydrogen) atoms. The predicted molar refractivity (Wildman–Crippen MR) is 89.1 cm³/mol. The molecule has 4 heteroatoms. The third kappa shape index (κ3) is 2.54. The van der Waals surface area contributed by atoms with Gasteiger partial charge >= 0.3 is 0 Å². The number of rotatable bonds is 2. The molecule has 3 nitrogen and oxygen atoms in total. The third-order valence-electron chi connectivity index (χ3n) is 3.37. The first-order valence-corrected chi connectivity index (χ1v) is 7.64. The van der Waals surface area contributed by atoms with Crippen molar-refractivity contribution in [3.8, 4) is 0 Å². The summed E-state index contributed by atoms with van der Waals surface area (Å²) in [5.41, 5.74) is 0.681. The molecular weight excluding hydrogens is 282 g/mol. The SMILES string of the molecule is CC(C)C(=O)Nc1ccc2sc3ccccc3c(=O)c2c1. The Hall–Kier alpha value is -2.20. The van der Waals surface area contributed by atoms with Gasteiger partial charge in [-0.25, -0.2) is 0 Å². The van der Waals surface area contributed by atoms with E-state index >= 15 is 0 Å². The monoisotopic (exact) mass is 297 g/mol. The number of carbonyl (C=O) groups excluding carboxylic acids is 1. The van der Waals surface area contributed by atoms with E-state index in [4.69, 9.17) is 0 Å². The van der Waals surface area contributed by atoms with Crippen molar-refractivity contribution < 1.29 is 4.79 Å². The molecule has 0 radical (unpaired) electrons. The van der Waals surface area contributed by atoms with Crippen LogP contribution in [0.25, 0.3) is 20.2 Å². The van der Waals surface area contributed by atoms with Gasteiger partial charge in [-0.15, -0.1) is 11.3 Å². The molecule has 1 N–H and O–H groups in total. The molecule has 3 rings (SSSR count). The summed E-state index contributed by atoms with van der Waals surface area (Å²) in [6.07, 6.45) is 0. The van der Waals surface area contributed by atoms with Crippen molar-refractivity contribution in [3.05, 3.63) is 52.7 Å². The highest BCUT2D eigenvalue weighted by atomic mass is 32.1. The fraction of sp³-hybridized carbons (Fsp3) is 0.176. The van der Waals surface area contributed by atoms with E-state index in [1.54, 1.807) is 17.4 Å². The molecule has 0 spiro atoms. The van der Waals surface area contributed by atoms with Crippen molar-refractivity contribution >= 4 is 43.1 Å². The van der Waals surface area contributed by atoms with E-state index in [-0.39, 0.29) is 17.3 Å². The van der Waals surface area contributed by atoms with Crippen LogP contribution in [0, 0.1) is 5.92 Å². The Morgan fingerprint density at radius 2 is 1.76 bits per heavy atom. The third-order valence-corrected chi connectivity index (χ3v) is 4.52. The molecule has 0 atom stereocenters. The lowest BCUT2D eigenvalue weighted by atomic mass is 10.1. The molecule has 2 aromatic carbocycles. The van der Waals surface area contributed by atoms with Crippen LogP contribution in [0.4, 0.5) is 5.69 Å². The second-order valence-corrected chi connectivity index (χ2v) is 6.37. The van der Waals surface area contributed by atoms with Crippen molar-refractivity contribution in [2.75, 3.05) is 5.32 Å². The van der Waals surface area contributed by atoms with Gasteiger partial charge in [0.05, 0.1) is 0 Å². The minimum Gasteiger partial charge on any atom is -0.326 e. The standard InChI is InChI=1S/C17H15NO2S/c1-10(2)17(20)18-11-7-8-15-13(9-11)16(19)12-5-3-4-6-14(12)21-15/h3-10H,1-2H3,(H,18,20). The Morgan fingerprint density at radius 3 is 2.52 bits per heavy atom. The van der Waals surface area contributed by atoms with Gasteiger partial charge in [0, 0.05) is 31.8 Å². The van der Waals surface area contributed by atoms with Gasteiger partial charge in [0.1, 0.15) is 0 Å². The average Bonchev–Trinajstić information content (AvgIpc) is 2.48. The molecule has 1 aromatic heterocycles. The quantitative estimate of drug-likeness (QED) is 0.726. The molecule has 0 fully saturated rings. The zero-order chi connectivity index (χ0) is 15.0. The average molecular weight is 297 g/mol. The van der Waals surface area contributed by atoms with E-state index in [9.17, 15) is 9.59 Å². The summed E-state index contributed by atoms with van der Waals surface area (Å²) in [4.78, 5) is 24.3. The van der Waals surface area contributed by atoms with Crippen LogP contribution in [0.1, 0.15) is 13.8 Å². The van der Waals surface area contributed by atoms with E-state index < -0.39 is 0 Å². The summed E-state index contributed by atoms with van der Waals surface area (Å²) < 4.78 is 1.91. The van der Waals surface area contributed by atoms with Gasteiger partial charge in [-0.1, -0.05) is 26.0 Å². The largest absolute Gasteiger partial charge is 0.326 e. The first-order valence-electron chi connectivity index (χ1n) is 6.83. The number of amides is 1. The molecule has 1 amide bonds. The number of nitrogens with one attached hydrogen (secondary N) is 1. The number of fused-ring (bicyclic) bond motifs is 2. The predicted octanol–water partition coefficient (Wildman–Crippen LogP) is 4.01. The zero-order valence-corrected chi connectivity index (χ0v) is 12.7. The second-order valence-electron chi connectivity index (χ2n) is 5.28. The van der Waals surface area contributed by atoms with Gasteiger partial charge in [0.2, 0.25) is 5.91 Å². The second kappa shape index (κ2) is 5.30. The summed E-state index contributed by atoms with van der Waals surface area (Å²) >= 11 is 1.59. The van der Waals surface area contributed by atoms with E-state index in [2.05, 4.69) is 5.32 Å². The van der Waals surface area contributed by atoms with Gasteiger partial charge in [0.15, 0.2) is 5.43 Å². The maximum Gasteiger partial charge on any atom is 0.226 e. The normalized spacial score (nSPS) is 11.2. The van der Waals surface area contributed by atoms with Crippen molar-refractivity contribution in [1.29, 1.82) is 0 Å². The van der Waals surface area contributed by atoms with Gasteiger partial charge in [-0.2, -0.15) is 0 Å². The summed E-state index contributed by atoms with van der Waals surface area (Å²) in [6.45, 7) is 3.68. The smallest absolute Gasteiger partial charge is 0.226 e. The van der Waals surface area contributed by atoms with Gasteiger partial charge < -0.3 is 5.32 Å². The van der Waals surface area contributed by atoms with Crippen LogP contribution in [0.5, 0.6) is 0 Å². The van der Waals surface area contributed by atoms with Crippen molar-refractivity contribution in [2.24, 2.45) is 5.92 Å². The van der Waals surface area contributed by atoms with Crippen LogP contribution in [0.15, 0.2) is 47.3 Å². The maximum atomic E-state index is 12.6. The van der Waals surface area contributed by atoms with Crippen LogP contribution >= 0.6 is 11.3 Å². The van der Waals surface area contributed by atoms with Gasteiger partial charge in [0.25, 0.3) is 0 Å². The van der Waals surface area contributed by atoms with E-state index in [1.165, 1.54) is 0 Å². The summed E-state index contributed by atoms with van der Waals surface area (Å²) in [6, 6.07) is 13.1. The van der Waals surface area contributed by atoms with E-state index in [0.717, 1.165) is 14.8 Å². The molecule has 0 saturated carbocycles. The summed E-state index contributed by atoms with van der Waals surface area (Å²) in [5.74, 6) is -0.141. The lowest BCUT2D eigenvalue weighted by Crippen LogP contribution is -2.17. The molecule has 0 saturated heterocycles.